The maximum absolute atomic E-state index is 12.2. The van der Waals surface area contributed by atoms with Gasteiger partial charge in [-0.1, -0.05) is 6.42 Å². The molecular weight excluding hydrogens is 343 g/mol. The van der Waals surface area contributed by atoms with Crippen molar-refractivity contribution in [3.63, 3.8) is 0 Å². The third kappa shape index (κ3) is 4.88. The number of nitrogens with zero attached hydrogens (tertiary/aromatic N) is 1. The van der Waals surface area contributed by atoms with Gasteiger partial charge >= 0.3 is 23.3 Å². The van der Waals surface area contributed by atoms with Gasteiger partial charge in [-0.05, 0) is 19.7 Å². The van der Waals surface area contributed by atoms with Crippen LogP contribution in [-0.4, -0.2) is 71.5 Å². The van der Waals surface area contributed by atoms with E-state index in [-0.39, 0.29) is 25.7 Å². The van der Waals surface area contributed by atoms with Gasteiger partial charge in [0.2, 0.25) is 0 Å². The molecule has 0 bridgehead atoms. The lowest BCUT2D eigenvalue weighted by molar-refractivity contribution is -0.144. The van der Waals surface area contributed by atoms with Crippen LogP contribution in [0.2, 0.25) is 6.32 Å². The van der Waals surface area contributed by atoms with Crippen LogP contribution in [0, 0.1) is 5.92 Å². The molecule has 0 aromatic heterocycles. The molecule has 8 N–H and O–H groups in total. The Morgan fingerprint density at radius 1 is 1.46 bits per heavy atom. The molecule has 0 spiro atoms. The molecule has 0 aromatic rings. The number of aliphatic carboxylic acids is 1. The molecule has 1 saturated heterocycles. The molecule has 0 aliphatic carbocycles. The van der Waals surface area contributed by atoms with Crippen LogP contribution in [0.5, 0.6) is 0 Å². The Labute approximate surface area is 140 Å². The van der Waals surface area contributed by atoms with Crippen molar-refractivity contribution in [3.8, 4) is 0 Å². The summed E-state index contributed by atoms with van der Waals surface area (Å²) < 4.78 is 27.0. The second kappa shape index (κ2) is 7.76. The highest BCUT2D eigenvalue weighted by Crippen LogP contribution is 2.31. The van der Waals surface area contributed by atoms with Gasteiger partial charge in [-0.25, -0.2) is 4.72 Å². The number of hydrogen-bond acceptors (Lipinski definition) is 8. The van der Waals surface area contributed by atoms with Gasteiger partial charge in [0.15, 0.2) is 0 Å². The lowest BCUT2D eigenvalue weighted by Crippen LogP contribution is -2.55. The van der Waals surface area contributed by atoms with Gasteiger partial charge in [0.25, 0.3) is 5.91 Å². The third-order valence-electron chi connectivity index (χ3n) is 3.99. The summed E-state index contributed by atoms with van der Waals surface area (Å²) in [6, 6.07) is -1.05. The molecule has 0 radical (unpaired) electrons. The van der Waals surface area contributed by atoms with Crippen molar-refractivity contribution in [2.45, 2.75) is 37.7 Å². The predicted octanol–water partition coefficient (Wildman–Crippen LogP) is -3.34. The van der Waals surface area contributed by atoms with Crippen molar-refractivity contribution in [1.82, 2.24) is 9.03 Å². The quantitative estimate of drug-likeness (QED) is 0.238. The molecule has 11 nitrogen and oxygen atoms in total. The highest BCUT2D eigenvalue weighted by atomic mass is 32.2. The molecular formula is C11H23BN4O7S. The van der Waals surface area contributed by atoms with Crippen LogP contribution in [-0.2, 0) is 19.8 Å². The number of nitrogens with one attached hydrogen (secondary N) is 1. The molecule has 13 heteroatoms. The first-order chi connectivity index (χ1) is 10.9. The zero-order valence-corrected chi connectivity index (χ0v) is 14.1. The van der Waals surface area contributed by atoms with E-state index in [1.165, 1.54) is 6.92 Å². The van der Waals surface area contributed by atoms with E-state index in [9.17, 15) is 23.1 Å². The summed E-state index contributed by atoms with van der Waals surface area (Å²) >= 11 is 0. The Morgan fingerprint density at radius 3 is 2.50 bits per heavy atom. The Morgan fingerprint density at radius 2 is 2.04 bits per heavy atom. The first-order valence-electron chi connectivity index (χ1n) is 7.36. The van der Waals surface area contributed by atoms with Crippen molar-refractivity contribution in [1.29, 1.82) is 0 Å². The maximum Gasteiger partial charge on any atom is 0.451 e. The monoisotopic (exact) mass is 366 g/mol. The molecule has 1 amide bonds. The minimum atomic E-state index is -4.27. The zero-order chi connectivity index (χ0) is 18.7. The van der Waals surface area contributed by atoms with Gasteiger partial charge in [-0.3, -0.25) is 9.59 Å². The fourth-order valence-corrected chi connectivity index (χ4v) is 3.83. The topological polar surface area (TPSA) is 196 Å². The maximum atomic E-state index is 12.2. The van der Waals surface area contributed by atoms with Gasteiger partial charge in [-0.2, -0.15) is 12.7 Å². The Balaban J connectivity index is 2.89. The lowest BCUT2D eigenvalue weighted by atomic mass is 9.78. The molecule has 1 rings (SSSR count). The average Bonchev–Trinajstić information content (AvgIpc) is 2.77. The summed E-state index contributed by atoms with van der Waals surface area (Å²) in [5.41, 5.74) is 9.35. The number of rotatable bonds is 8. The number of amides is 1. The molecule has 3 atom stereocenters. The number of carbonyl (C=O) groups is 2. The molecule has 0 saturated carbocycles. The van der Waals surface area contributed by atoms with Gasteiger partial charge in [0, 0.05) is 19.0 Å². The number of carboxylic acids is 1. The van der Waals surface area contributed by atoms with Crippen molar-refractivity contribution < 1.29 is 33.2 Å². The van der Waals surface area contributed by atoms with E-state index >= 15 is 0 Å². The fraction of sp³-hybridized carbons (Fsp3) is 0.818. The summed E-state index contributed by atoms with van der Waals surface area (Å²) in [6.07, 6.45) is 0.461. The zero-order valence-electron chi connectivity index (χ0n) is 13.3. The van der Waals surface area contributed by atoms with E-state index < -0.39 is 53.2 Å². The standard InChI is InChI=1S/C11H23BN4O7S/c1-7(13)9(17)15-24(22,23)16-5-8(3-2-4-12(20)21)11(14,6-16)10(18)19/h7-8,20-21H,2-6,13-14H2,1H3,(H,15,17)(H,18,19)/t7-,8?,11?/m0/s1. The molecule has 24 heavy (non-hydrogen) atoms. The van der Waals surface area contributed by atoms with Crippen LogP contribution in [0.3, 0.4) is 0 Å². The van der Waals surface area contributed by atoms with Gasteiger partial charge in [0.05, 0.1) is 6.04 Å². The summed E-state index contributed by atoms with van der Waals surface area (Å²) in [4.78, 5) is 23.0. The molecule has 1 fully saturated rings. The molecule has 1 aliphatic heterocycles. The number of carbonyl (C=O) groups excluding carboxylic acids is 1. The molecule has 1 aliphatic rings. The van der Waals surface area contributed by atoms with E-state index in [1.54, 1.807) is 4.72 Å². The number of nitrogens with two attached hydrogens (primary N) is 2. The van der Waals surface area contributed by atoms with Crippen LogP contribution in [0.25, 0.3) is 0 Å². The highest BCUT2D eigenvalue weighted by Gasteiger charge is 2.52. The Hall–Kier alpha value is -1.25. The van der Waals surface area contributed by atoms with Crippen LogP contribution in [0.15, 0.2) is 0 Å². The first kappa shape index (κ1) is 20.8. The summed E-state index contributed by atoms with van der Waals surface area (Å²) in [7, 11) is -5.81. The van der Waals surface area contributed by atoms with Gasteiger partial charge < -0.3 is 26.6 Å². The third-order valence-corrected chi connectivity index (χ3v) is 5.40. The van der Waals surface area contributed by atoms with Crippen LogP contribution in [0.4, 0.5) is 0 Å². The average molecular weight is 366 g/mol. The summed E-state index contributed by atoms with van der Waals surface area (Å²) in [5.74, 6) is -3.02. The SMILES string of the molecule is C[C@H](N)C(=O)NS(=O)(=O)N1CC(CCCB(O)O)C(N)(C(=O)O)C1. The van der Waals surface area contributed by atoms with E-state index in [0.29, 0.717) is 0 Å². The molecule has 1 heterocycles. The molecule has 138 valence electrons. The van der Waals surface area contributed by atoms with E-state index in [2.05, 4.69) is 0 Å². The van der Waals surface area contributed by atoms with Crippen molar-refractivity contribution in [2.24, 2.45) is 17.4 Å². The van der Waals surface area contributed by atoms with E-state index in [4.69, 9.17) is 21.5 Å². The second-order valence-corrected chi connectivity index (χ2v) is 7.68. The van der Waals surface area contributed by atoms with Gasteiger partial charge in [-0.15, -0.1) is 0 Å². The largest absolute Gasteiger partial charge is 0.480 e. The Kier molecular flexibility index (Phi) is 6.72. The van der Waals surface area contributed by atoms with Gasteiger partial charge in [0.1, 0.15) is 5.54 Å². The molecule has 2 unspecified atom stereocenters. The van der Waals surface area contributed by atoms with E-state index in [1.807, 2.05) is 0 Å². The minimum absolute atomic E-state index is 0.0143. The van der Waals surface area contributed by atoms with Crippen molar-refractivity contribution >= 4 is 29.2 Å². The van der Waals surface area contributed by atoms with E-state index in [0.717, 1.165) is 4.31 Å². The van der Waals surface area contributed by atoms with Crippen molar-refractivity contribution in [3.05, 3.63) is 0 Å². The van der Waals surface area contributed by atoms with Crippen LogP contribution >= 0.6 is 0 Å². The minimum Gasteiger partial charge on any atom is -0.480 e. The normalized spacial score (nSPS) is 26.1. The Bertz CT molecular complexity index is 585. The highest BCUT2D eigenvalue weighted by molar-refractivity contribution is 7.87. The van der Waals surface area contributed by atoms with Crippen molar-refractivity contribution in [2.75, 3.05) is 13.1 Å². The lowest BCUT2D eigenvalue weighted by Gasteiger charge is -2.25. The summed E-state index contributed by atoms with van der Waals surface area (Å²) in [5, 5.41) is 27.0. The number of hydrogen-bond donors (Lipinski definition) is 6. The molecule has 0 aromatic carbocycles. The van der Waals surface area contributed by atoms with Crippen LogP contribution in [0.1, 0.15) is 19.8 Å². The predicted molar refractivity (Wildman–Crippen MR) is 84.6 cm³/mol. The second-order valence-electron chi connectivity index (χ2n) is 6.01. The number of carboxylic acid groups (broad SMARTS) is 1. The smallest absolute Gasteiger partial charge is 0.451 e. The fourth-order valence-electron chi connectivity index (χ4n) is 2.50. The summed E-state index contributed by atoms with van der Waals surface area (Å²) in [6.45, 7) is 0.602. The first-order valence-corrected chi connectivity index (χ1v) is 8.80. The van der Waals surface area contributed by atoms with Crippen LogP contribution < -0.4 is 16.2 Å².